The Kier molecular flexibility index (Phi) is 3.47. The van der Waals surface area contributed by atoms with Crippen molar-refractivity contribution in [3.63, 3.8) is 0 Å². The Morgan fingerprint density at radius 3 is 2.89 bits per heavy atom. The Bertz CT molecular complexity index is 561. The van der Waals surface area contributed by atoms with Crippen molar-refractivity contribution in [2.45, 2.75) is 6.54 Å². The zero-order valence-electron chi connectivity index (χ0n) is 10.0. The summed E-state index contributed by atoms with van der Waals surface area (Å²) in [4.78, 5) is 0. The fourth-order valence-corrected chi connectivity index (χ4v) is 1.67. The van der Waals surface area contributed by atoms with Gasteiger partial charge < -0.3 is 16.3 Å². The molecule has 0 aliphatic heterocycles. The quantitative estimate of drug-likeness (QED) is 0.326. The second-order valence-electron chi connectivity index (χ2n) is 3.87. The molecule has 1 aromatic heterocycles. The SMILES string of the molecule is Cn1ccc(NCc2ccccc2C(N)=NO)n1. The van der Waals surface area contributed by atoms with Crippen LogP contribution in [0.25, 0.3) is 0 Å². The molecule has 1 aromatic carbocycles. The van der Waals surface area contributed by atoms with Crippen LogP contribution in [0.3, 0.4) is 0 Å². The summed E-state index contributed by atoms with van der Waals surface area (Å²) >= 11 is 0. The molecule has 0 saturated heterocycles. The third-order valence-corrected chi connectivity index (χ3v) is 2.57. The number of hydrogen-bond donors (Lipinski definition) is 3. The minimum Gasteiger partial charge on any atom is -0.409 e. The Hall–Kier alpha value is -2.50. The van der Waals surface area contributed by atoms with Crippen LogP contribution in [-0.2, 0) is 13.6 Å². The summed E-state index contributed by atoms with van der Waals surface area (Å²) in [5.74, 6) is 0.889. The van der Waals surface area contributed by atoms with Crippen LogP contribution >= 0.6 is 0 Å². The third-order valence-electron chi connectivity index (χ3n) is 2.57. The van der Waals surface area contributed by atoms with Gasteiger partial charge in [0.1, 0.15) is 5.82 Å². The van der Waals surface area contributed by atoms with E-state index in [0.717, 1.165) is 11.4 Å². The van der Waals surface area contributed by atoms with Crippen molar-refractivity contribution in [1.29, 1.82) is 0 Å². The minimum atomic E-state index is 0.105. The predicted octanol–water partition coefficient (Wildman–Crippen LogP) is 1.13. The summed E-state index contributed by atoms with van der Waals surface area (Å²) in [5.41, 5.74) is 7.28. The lowest BCUT2D eigenvalue weighted by Crippen LogP contribution is -2.16. The molecule has 1 heterocycles. The monoisotopic (exact) mass is 245 g/mol. The molecule has 2 rings (SSSR count). The number of anilines is 1. The molecule has 0 fully saturated rings. The van der Waals surface area contributed by atoms with Gasteiger partial charge in [0, 0.05) is 31.4 Å². The molecule has 0 unspecified atom stereocenters. The maximum atomic E-state index is 8.73. The Balaban J connectivity index is 2.14. The van der Waals surface area contributed by atoms with Gasteiger partial charge in [0.15, 0.2) is 5.84 Å². The van der Waals surface area contributed by atoms with Gasteiger partial charge in [-0.15, -0.1) is 0 Å². The summed E-state index contributed by atoms with van der Waals surface area (Å²) in [7, 11) is 1.86. The van der Waals surface area contributed by atoms with Crippen LogP contribution < -0.4 is 11.1 Å². The Morgan fingerprint density at radius 2 is 2.22 bits per heavy atom. The molecule has 0 saturated carbocycles. The molecule has 0 atom stereocenters. The lowest BCUT2D eigenvalue weighted by molar-refractivity contribution is 0.318. The number of aromatic nitrogens is 2. The van der Waals surface area contributed by atoms with E-state index in [4.69, 9.17) is 10.9 Å². The van der Waals surface area contributed by atoms with E-state index < -0.39 is 0 Å². The van der Waals surface area contributed by atoms with Crippen molar-refractivity contribution in [3.8, 4) is 0 Å². The lowest BCUT2D eigenvalue weighted by atomic mass is 10.1. The highest BCUT2D eigenvalue weighted by Crippen LogP contribution is 2.11. The van der Waals surface area contributed by atoms with Gasteiger partial charge in [-0.05, 0) is 5.56 Å². The summed E-state index contributed by atoms with van der Waals surface area (Å²) in [6.45, 7) is 0.559. The van der Waals surface area contributed by atoms with Gasteiger partial charge in [0.25, 0.3) is 0 Å². The summed E-state index contributed by atoms with van der Waals surface area (Å²) < 4.78 is 1.72. The first-order valence-electron chi connectivity index (χ1n) is 5.50. The van der Waals surface area contributed by atoms with E-state index in [-0.39, 0.29) is 5.84 Å². The molecule has 0 radical (unpaired) electrons. The van der Waals surface area contributed by atoms with Gasteiger partial charge >= 0.3 is 0 Å². The normalized spacial score (nSPS) is 11.5. The molecule has 0 aliphatic rings. The molecule has 0 bridgehead atoms. The number of nitrogens with two attached hydrogens (primary N) is 1. The van der Waals surface area contributed by atoms with Crippen LogP contribution in [0.1, 0.15) is 11.1 Å². The van der Waals surface area contributed by atoms with Crippen LogP contribution in [0, 0.1) is 0 Å². The summed E-state index contributed by atoms with van der Waals surface area (Å²) in [6.07, 6.45) is 1.86. The number of nitrogens with one attached hydrogen (secondary N) is 1. The van der Waals surface area contributed by atoms with Crippen molar-refractivity contribution < 1.29 is 5.21 Å². The lowest BCUT2D eigenvalue weighted by Gasteiger charge is -2.08. The number of benzene rings is 1. The molecular formula is C12H15N5O. The van der Waals surface area contributed by atoms with E-state index in [0.29, 0.717) is 12.1 Å². The van der Waals surface area contributed by atoms with Crippen LogP contribution in [-0.4, -0.2) is 20.8 Å². The highest BCUT2D eigenvalue weighted by atomic mass is 16.4. The molecule has 6 heteroatoms. The fourth-order valence-electron chi connectivity index (χ4n) is 1.67. The molecule has 18 heavy (non-hydrogen) atoms. The van der Waals surface area contributed by atoms with Crippen LogP contribution in [0.2, 0.25) is 0 Å². The number of oxime groups is 1. The van der Waals surface area contributed by atoms with Gasteiger partial charge in [-0.2, -0.15) is 5.10 Å². The highest BCUT2D eigenvalue weighted by Gasteiger charge is 2.06. The van der Waals surface area contributed by atoms with Gasteiger partial charge in [-0.3, -0.25) is 4.68 Å². The van der Waals surface area contributed by atoms with Crippen LogP contribution in [0.4, 0.5) is 5.82 Å². The molecule has 0 aliphatic carbocycles. The smallest absolute Gasteiger partial charge is 0.170 e. The van der Waals surface area contributed by atoms with Gasteiger partial charge in [0.2, 0.25) is 0 Å². The van der Waals surface area contributed by atoms with Gasteiger partial charge in [0.05, 0.1) is 0 Å². The molecule has 94 valence electrons. The van der Waals surface area contributed by atoms with E-state index in [1.807, 2.05) is 43.6 Å². The molecule has 0 spiro atoms. The standard InChI is InChI=1S/C12H15N5O/c1-17-7-6-11(15-17)14-8-9-4-2-3-5-10(9)12(13)16-18/h2-7,18H,8H2,1H3,(H2,13,16)(H,14,15). The maximum Gasteiger partial charge on any atom is 0.170 e. The van der Waals surface area contributed by atoms with Crippen molar-refractivity contribution in [1.82, 2.24) is 9.78 Å². The summed E-state index contributed by atoms with van der Waals surface area (Å²) in [6, 6.07) is 9.36. The maximum absolute atomic E-state index is 8.73. The fraction of sp³-hybridized carbons (Fsp3) is 0.167. The number of rotatable bonds is 4. The highest BCUT2D eigenvalue weighted by molar-refractivity contribution is 5.98. The average Bonchev–Trinajstić information content (AvgIpc) is 2.81. The molecule has 6 nitrogen and oxygen atoms in total. The second-order valence-corrected chi connectivity index (χ2v) is 3.87. The third kappa shape index (κ3) is 2.60. The van der Waals surface area contributed by atoms with Crippen molar-refractivity contribution in [2.75, 3.05) is 5.32 Å². The van der Waals surface area contributed by atoms with Crippen molar-refractivity contribution in [2.24, 2.45) is 17.9 Å². The molecular weight excluding hydrogens is 230 g/mol. The van der Waals surface area contributed by atoms with Crippen LogP contribution in [0.5, 0.6) is 0 Å². The van der Waals surface area contributed by atoms with E-state index in [9.17, 15) is 0 Å². The predicted molar refractivity (Wildman–Crippen MR) is 69.5 cm³/mol. The zero-order chi connectivity index (χ0) is 13.0. The summed E-state index contributed by atoms with van der Waals surface area (Å²) in [5, 5.41) is 19.1. The van der Waals surface area contributed by atoms with Gasteiger partial charge in [-0.25, -0.2) is 0 Å². The van der Waals surface area contributed by atoms with E-state index in [1.165, 1.54) is 0 Å². The average molecular weight is 245 g/mol. The van der Waals surface area contributed by atoms with E-state index in [2.05, 4.69) is 15.6 Å². The molecule has 4 N–H and O–H groups in total. The topological polar surface area (TPSA) is 88.5 Å². The molecule has 2 aromatic rings. The Labute approximate surface area is 105 Å². The minimum absolute atomic E-state index is 0.105. The van der Waals surface area contributed by atoms with Crippen molar-refractivity contribution >= 4 is 11.7 Å². The number of amidine groups is 1. The van der Waals surface area contributed by atoms with E-state index in [1.54, 1.807) is 4.68 Å². The molecule has 0 amide bonds. The number of hydrogen-bond acceptors (Lipinski definition) is 4. The van der Waals surface area contributed by atoms with Crippen LogP contribution in [0.15, 0.2) is 41.7 Å². The van der Waals surface area contributed by atoms with Gasteiger partial charge in [-0.1, -0.05) is 29.4 Å². The largest absolute Gasteiger partial charge is 0.409 e. The first-order chi connectivity index (χ1) is 8.70. The number of aryl methyl sites for hydroxylation is 1. The van der Waals surface area contributed by atoms with Crippen molar-refractivity contribution in [3.05, 3.63) is 47.7 Å². The first-order valence-corrected chi connectivity index (χ1v) is 5.50. The Morgan fingerprint density at radius 1 is 1.44 bits per heavy atom. The van der Waals surface area contributed by atoms with E-state index >= 15 is 0 Å². The second kappa shape index (κ2) is 5.22. The first kappa shape index (κ1) is 12.0. The number of nitrogens with zero attached hydrogens (tertiary/aromatic N) is 3. The zero-order valence-corrected chi connectivity index (χ0v) is 10.0.